The van der Waals surface area contributed by atoms with E-state index in [4.69, 9.17) is 19.9 Å². The van der Waals surface area contributed by atoms with Gasteiger partial charge in [0.25, 0.3) is 0 Å². The molecule has 8 atom stereocenters. The highest BCUT2D eigenvalue weighted by Gasteiger charge is 2.59. The quantitative estimate of drug-likeness (QED) is 0.0114. The number of rotatable bonds is 31. The van der Waals surface area contributed by atoms with Crippen molar-refractivity contribution >= 4 is 88.0 Å². The number of alkyl carbamates (subject to hydrolysis) is 1. The highest BCUT2D eigenvalue weighted by molar-refractivity contribution is 6.02. The van der Waals surface area contributed by atoms with Crippen molar-refractivity contribution in [1.82, 2.24) is 21.3 Å². The van der Waals surface area contributed by atoms with Crippen LogP contribution in [0.2, 0.25) is 0 Å². The molecule has 0 aromatic heterocycles. The summed E-state index contributed by atoms with van der Waals surface area (Å²) in [4.78, 5) is 152. The Labute approximate surface area is 696 Å². The Morgan fingerprint density at radius 2 is 1.15 bits per heavy atom. The van der Waals surface area contributed by atoms with Crippen molar-refractivity contribution in [3.63, 3.8) is 0 Å². The second-order valence-electron chi connectivity index (χ2n) is 34.2. The first-order valence-electron chi connectivity index (χ1n) is 42.0. The Bertz CT molecular complexity index is 5060. The van der Waals surface area contributed by atoms with Crippen LogP contribution in [0.4, 0.5) is 37.1 Å². The molecule has 0 radical (unpaired) electrons. The van der Waals surface area contributed by atoms with E-state index in [1.807, 2.05) is 123 Å². The number of aryl methyl sites for hydroxylation is 2. The van der Waals surface area contributed by atoms with Crippen LogP contribution in [0, 0.1) is 46.3 Å². The molecule has 2 saturated carbocycles. The Morgan fingerprint density at radius 1 is 0.563 bits per heavy atom. The third kappa shape index (κ3) is 19.5. The number of benzene rings is 7. The Morgan fingerprint density at radius 3 is 1.79 bits per heavy atom. The van der Waals surface area contributed by atoms with Gasteiger partial charge in [0.2, 0.25) is 35.4 Å². The Balaban J connectivity index is 0.551. The van der Waals surface area contributed by atoms with Gasteiger partial charge < -0.3 is 51.4 Å². The van der Waals surface area contributed by atoms with Gasteiger partial charge in [0.1, 0.15) is 25.5 Å². The fourth-order valence-electron chi connectivity index (χ4n) is 19.7. The summed E-state index contributed by atoms with van der Waals surface area (Å²) in [6.07, 6.45) is 6.86. The van der Waals surface area contributed by atoms with Crippen LogP contribution < -0.4 is 47.9 Å². The molecule has 23 heteroatoms. The standard InChI is InChI=1S/C96H109N9O14/c1-60(2)86(103-83(108)45-52-117-51-16-23-71(106)41-44-85(110)105-57-67-21-8-7-19-62(67)31-32-65-20-9-14-28-79(65)105)80(107)53-66(22-15-50-98-90(97)114)87(111)101-68-37-29-61(30-38-68)58-118-92(116)102-70-40-34-64-36-43-82-94(4,78(64)55-70)47-18-49-96(82,6)89(113)104-88(112)95(5)48-17-46-93(3)77-54-69(39-33-63(77)35-42-81(93)95)100-84(109)56-99-91(115)119-59-76-74-26-12-10-24-72(74)73-25-11-13-27-75(73)76/h7-14,19-21,24-30,33-34,37-40,54-55,60,66,76,81-82,86H,15-18,22-23,35-36,41-53,56-59H2,1-6H3,(H,99,115)(H,100,109)(H,101,111)(H,102,116)(H,103,108)(H3,97,98,114)(H,104,112,113)/t66-,81-,82-,86+,93-,94-,95+,96+/m1/s1. The SMILES string of the molecule is CC(C)[C@H](NC(=O)CCOCCCC(=O)CCC(=O)N1Cc2ccccc2C#Cc2ccccc21)C(=O)C[C@@H](CCCNC(N)=O)C(=O)Nc1ccc(COC(=O)Nc2ccc3c(c2)[C@@]2(C)CCC[C@](C)(C(=O)NC(=O)[C@@]4(C)CCC[C@]5(C)c6cc(NC(=O)CNC(=O)OCC7c8ccccc8-c8ccccc87)ccc6CC[C@@H]45)[C@@H]2CC3)cc1. The number of carbonyl (C=O) groups is 11. The molecule has 6 aliphatic rings. The van der Waals surface area contributed by atoms with Crippen LogP contribution in [-0.4, -0.2) is 104 Å². The maximum atomic E-state index is 15.1. The number of fused-ring (bicyclic) bond motifs is 11. The first kappa shape index (κ1) is 85.1. The van der Waals surface area contributed by atoms with E-state index in [2.05, 4.69) is 87.2 Å². The summed E-state index contributed by atoms with van der Waals surface area (Å²) >= 11 is 0. The van der Waals surface area contributed by atoms with Gasteiger partial charge in [0.15, 0.2) is 5.78 Å². The summed E-state index contributed by atoms with van der Waals surface area (Å²) in [5.74, 6) is 2.44. The zero-order valence-electron chi connectivity index (χ0n) is 68.9. The summed E-state index contributed by atoms with van der Waals surface area (Å²) in [6.45, 7) is 12.5. The average molecular weight is 1610 g/mol. The molecule has 0 spiro atoms. The van der Waals surface area contributed by atoms with E-state index >= 15 is 9.59 Å². The lowest BCUT2D eigenvalue weighted by Crippen LogP contribution is -2.60. The van der Waals surface area contributed by atoms with Crippen molar-refractivity contribution in [3.05, 3.63) is 213 Å². The van der Waals surface area contributed by atoms with Crippen LogP contribution >= 0.6 is 0 Å². The van der Waals surface area contributed by atoms with Crippen LogP contribution in [0.25, 0.3) is 11.1 Å². The first-order chi connectivity index (χ1) is 57.2. The molecule has 13 rings (SSSR count). The molecule has 0 bridgehead atoms. The molecule has 1 heterocycles. The third-order valence-corrected chi connectivity index (χ3v) is 26.0. The number of primary amides is 1. The van der Waals surface area contributed by atoms with Gasteiger partial charge in [-0.05, 0) is 209 Å². The van der Waals surface area contributed by atoms with E-state index in [1.165, 1.54) is 0 Å². The number of Topliss-reactive ketones (excluding diaryl/α,β-unsaturated/α-hetero) is 2. The molecular formula is C96H109N9O14. The van der Waals surface area contributed by atoms with Gasteiger partial charge in [-0.2, -0.15) is 0 Å². The van der Waals surface area contributed by atoms with Gasteiger partial charge in [0.05, 0.1) is 35.7 Å². The van der Waals surface area contributed by atoms with Gasteiger partial charge in [-0.15, -0.1) is 0 Å². The lowest BCUT2D eigenvalue weighted by Gasteiger charge is -2.56. The van der Waals surface area contributed by atoms with Crippen molar-refractivity contribution in [2.45, 2.75) is 193 Å². The number of ether oxygens (including phenoxy) is 3. The number of imide groups is 1. The number of carbonyl (C=O) groups excluding carboxylic acids is 11. The fraction of sp³-hybridized carbons (Fsp3) is 0.427. The summed E-state index contributed by atoms with van der Waals surface area (Å²) in [7, 11) is 0. The van der Waals surface area contributed by atoms with Crippen LogP contribution in [0.1, 0.15) is 206 Å². The second-order valence-corrected chi connectivity index (χ2v) is 34.2. The predicted octanol–water partition coefficient (Wildman–Crippen LogP) is 14.9. The summed E-state index contributed by atoms with van der Waals surface area (Å²) in [5, 5.41) is 19.9. The van der Waals surface area contributed by atoms with Crippen LogP contribution in [-0.2, 0) is 89.4 Å². The number of para-hydroxylation sites is 1. The van der Waals surface area contributed by atoms with Crippen molar-refractivity contribution in [3.8, 4) is 23.0 Å². The van der Waals surface area contributed by atoms with Gasteiger partial charge in [-0.25, -0.2) is 14.4 Å². The summed E-state index contributed by atoms with van der Waals surface area (Å²) < 4.78 is 17.2. The van der Waals surface area contributed by atoms with E-state index in [1.54, 1.807) is 43.0 Å². The fourth-order valence-corrected chi connectivity index (χ4v) is 19.7. The van der Waals surface area contributed by atoms with Gasteiger partial charge in [-0.3, -0.25) is 49.0 Å². The minimum atomic E-state index is -0.924. The van der Waals surface area contributed by atoms with Crippen LogP contribution in [0.15, 0.2) is 158 Å². The molecule has 0 saturated heterocycles. The number of ketones is 2. The third-order valence-electron chi connectivity index (χ3n) is 26.0. The molecule has 10 amide bonds. The maximum absolute atomic E-state index is 15.1. The zero-order valence-corrected chi connectivity index (χ0v) is 68.9. The number of urea groups is 1. The minimum Gasteiger partial charge on any atom is -0.449 e. The zero-order chi connectivity index (χ0) is 84.2. The number of anilines is 4. The predicted molar refractivity (Wildman–Crippen MR) is 455 cm³/mol. The van der Waals surface area contributed by atoms with Gasteiger partial charge in [-0.1, -0.05) is 169 Å². The van der Waals surface area contributed by atoms with Crippen molar-refractivity contribution in [1.29, 1.82) is 0 Å². The van der Waals surface area contributed by atoms with E-state index in [0.717, 1.165) is 106 Å². The van der Waals surface area contributed by atoms with E-state index in [9.17, 15) is 43.2 Å². The second kappa shape index (κ2) is 37.5. The highest BCUT2D eigenvalue weighted by Crippen LogP contribution is 2.60. The normalized spacial score (nSPS) is 20.8. The lowest BCUT2D eigenvalue weighted by molar-refractivity contribution is -0.150. The molecule has 9 N–H and O–H groups in total. The molecule has 2 fully saturated rings. The number of nitrogens with one attached hydrogen (secondary N) is 7. The monoisotopic (exact) mass is 1610 g/mol. The minimum absolute atomic E-state index is 0.0354. The van der Waals surface area contributed by atoms with Crippen molar-refractivity contribution < 1.29 is 67.0 Å². The van der Waals surface area contributed by atoms with Crippen LogP contribution in [0.3, 0.4) is 0 Å². The largest absolute Gasteiger partial charge is 0.449 e. The Kier molecular flexibility index (Phi) is 26.8. The molecule has 1 aliphatic heterocycles. The Hall–Kier alpha value is -11.8. The molecule has 7 aromatic carbocycles. The molecule has 119 heavy (non-hydrogen) atoms. The molecule has 622 valence electrons. The number of nitrogens with zero attached hydrogens (tertiary/aromatic N) is 1. The number of hydrogen-bond acceptors (Lipinski definition) is 14. The number of hydrogen-bond donors (Lipinski definition) is 8. The molecule has 23 nitrogen and oxygen atoms in total. The molecule has 0 unspecified atom stereocenters. The molecule has 5 aliphatic carbocycles. The average Bonchev–Trinajstić information content (AvgIpc) is 1.62. The summed E-state index contributed by atoms with van der Waals surface area (Å²) in [5.41, 5.74) is 16.9. The first-order valence-corrected chi connectivity index (χ1v) is 42.0. The smallest absolute Gasteiger partial charge is 0.411 e. The number of nitrogens with two attached hydrogens (primary N) is 1. The lowest BCUT2D eigenvalue weighted by atomic mass is 9.49. The van der Waals surface area contributed by atoms with Crippen molar-refractivity contribution in [2.75, 3.05) is 53.8 Å². The van der Waals surface area contributed by atoms with Gasteiger partial charge in [0, 0.05) is 85.3 Å². The van der Waals surface area contributed by atoms with E-state index in [0.29, 0.717) is 67.0 Å². The topological polar surface area (TPSA) is 329 Å². The van der Waals surface area contributed by atoms with Crippen LogP contribution in [0.5, 0.6) is 0 Å². The molecule has 7 aromatic rings. The number of amides is 10. The van der Waals surface area contributed by atoms with E-state index < -0.39 is 69.6 Å². The van der Waals surface area contributed by atoms with Gasteiger partial charge >= 0.3 is 18.2 Å². The van der Waals surface area contributed by atoms with E-state index in [-0.39, 0.29) is 131 Å². The highest BCUT2D eigenvalue weighted by atomic mass is 16.6. The maximum Gasteiger partial charge on any atom is 0.411 e. The molecular weight excluding hydrogens is 1500 g/mol. The van der Waals surface area contributed by atoms with Crippen molar-refractivity contribution in [2.24, 2.45) is 40.2 Å². The summed E-state index contributed by atoms with van der Waals surface area (Å²) in [6, 6.07) is 48.3.